The number of nitrogens with one attached hydrogen (secondary N) is 1. The summed E-state index contributed by atoms with van der Waals surface area (Å²) in [6, 6.07) is 7.42. The van der Waals surface area contributed by atoms with Crippen LogP contribution in [0.5, 0.6) is 5.75 Å². The lowest BCUT2D eigenvalue weighted by Crippen LogP contribution is -2.56. The molecule has 0 saturated carbocycles. The predicted molar refractivity (Wildman–Crippen MR) is 101 cm³/mol. The number of hydrogen-bond donors (Lipinski definition) is 2. The Morgan fingerprint density at radius 2 is 1.93 bits per heavy atom. The van der Waals surface area contributed by atoms with Crippen LogP contribution in [0, 0.1) is 0 Å². The zero-order valence-electron chi connectivity index (χ0n) is 15.9. The average Bonchev–Trinajstić information content (AvgIpc) is 2.67. The number of nitrogens with zero attached hydrogens (tertiary/aromatic N) is 2. The molecular weight excluding hydrogens is 346 g/mol. The summed E-state index contributed by atoms with van der Waals surface area (Å²) in [4.78, 5) is 28.9. The molecule has 7 heteroatoms. The maximum atomic E-state index is 12.7. The lowest BCUT2D eigenvalue weighted by atomic mass is 10.0. The topological polar surface area (TPSA) is 82.1 Å². The van der Waals surface area contributed by atoms with Gasteiger partial charge in [-0.25, -0.2) is 0 Å². The van der Waals surface area contributed by atoms with Crippen LogP contribution in [0.2, 0.25) is 0 Å². The van der Waals surface area contributed by atoms with E-state index in [-0.39, 0.29) is 24.3 Å². The Labute approximate surface area is 160 Å². The van der Waals surface area contributed by atoms with E-state index in [2.05, 4.69) is 10.2 Å². The van der Waals surface area contributed by atoms with E-state index < -0.39 is 6.04 Å². The minimum atomic E-state index is -0.454. The fourth-order valence-electron chi connectivity index (χ4n) is 3.68. The van der Waals surface area contributed by atoms with Crippen molar-refractivity contribution in [2.75, 3.05) is 32.8 Å². The second kappa shape index (κ2) is 9.19. The monoisotopic (exact) mass is 375 g/mol. The largest absolute Gasteiger partial charge is 0.494 e. The van der Waals surface area contributed by atoms with E-state index >= 15 is 0 Å². The van der Waals surface area contributed by atoms with Crippen molar-refractivity contribution in [3.05, 3.63) is 29.8 Å². The number of hydrogen-bond acceptors (Lipinski definition) is 5. The van der Waals surface area contributed by atoms with Crippen molar-refractivity contribution in [2.24, 2.45) is 0 Å². The van der Waals surface area contributed by atoms with Gasteiger partial charge in [-0.15, -0.1) is 0 Å². The van der Waals surface area contributed by atoms with E-state index in [0.29, 0.717) is 45.6 Å². The zero-order chi connectivity index (χ0) is 19.2. The van der Waals surface area contributed by atoms with Crippen LogP contribution in [-0.2, 0) is 16.1 Å². The number of ether oxygens (including phenoxy) is 1. The Hall–Kier alpha value is -2.12. The van der Waals surface area contributed by atoms with Gasteiger partial charge in [0.05, 0.1) is 25.2 Å². The molecule has 2 amide bonds. The lowest BCUT2D eigenvalue weighted by molar-refractivity contribution is -0.140. The highest BCUT2D eigenvalue weighted by Crippen LogP contribution is 2.19. The molecule has 0 bridgehead atoms. The van der Waals surface area contributed by atoms with Crippen LogP contribution in [0.15, 0.2) is 24.3 Å². The van der Waals surface area contributed by atoms with Crippen molar-refractivity contribution in [3.63, 3.8) is 0 Å². The summed E-state index contributed by atoms with van der Waals surface area (Å²) in [7, 11) is 0. The summed E-state index contributed by atoms with van der Waals surface area (Å²) in [6.07, 6.45) is 1.08. The molecule has 0 aromatic heterocycles. The summed E-state index contributed by atoms with van der Waals surface area (Å²) >= 11 is 0. The first-order valence-corrected chi connectivity index (χ1v) is 9.76. The molecule has 3 rings (SSSR count). The van der Waals surface area contributed by atoms with Gasteiger partial charge in [-0.05, 0) is 37.5 Å². The SMILES string of the molecule is CCOc1ccc(CN2CCNC(=O)C2CC(=O)N2CCC(O)CC2)cc1. The fourth-order valence-corrected chi connectivity index (χ4v) is 3.68. The van der Waals surface area contributed by atoms with Gasteiger partial charge in [-0.1, -0.05) is 12.1 Å². The minimum Gasteiger partial charge on any atom is -0.494 e. The van der Waals surface area contributed by atoms with Crippen LogP contribution in [0.25, 0.3) is 0 Å². The fraction of sp³-hybridized carbons (Fsp3) is 0.600. The highest BCUT2D eigenvalue weighted by molar-refractivity contribution is 5.88. The van der Waals surface area contributed by atoms with Gasteiger partial charge in [0.1, 0.15) is 5.75 Å². The van der Waals surface area contributed by atoms with Crippen molar-refractivity contribution in [3.8, 4) is 5.75 Å². The minimum absolute atomic E-state index is 0.0133. The standard InChI is InChI=1S/C20H29N3O4/c1-2-27-17-5-3-15(4-6-17)14-23-12-9-21-20(26)18(23)13-19(25)22-10-7-16(24)8-11-22/h3-6,16,18,24H,2,7-14H2,1H3,(H,21,26). The Morgan fingerprint density at radius 3 is 2.59 bits per heavy atom. The molecule has 1 aromatic carbocycles. The van der Waals surface area contributed by atoms with E-state index in [9.17, 15) is 14.7 Å². The van der Waals surface area contributed by atoms with Gasteiger partial charge in [0, 0.05) is 32.7 Å². The first kappa shape index (κ1) is 19.6. The van der Waals surface area contributed by atoms with Crippen molar-refractivity contribution >= 4 is 11.8 Å². The lowest BCUT2D eigenvalue weighted by Gasteiger charge is -2.36. The number of piperidine rings is 1. The van der Waals surface area contributed by atoms with E-state index in [0.717, 1.165) is 17.9 Å². The van der Waals surface area contributed by atoms with Crippen LogP contribution in [0.4, 0.5) is 0 Å². The molecule has 1 unspecified atom stereocenters. The van der Waals surface area contributed by atoms with E-state index in [4.69, 9.17) is 4.74 Å². The molecule has 148 valence electrons. The van der Waals surface area contributed by atoms with Gasteiger partial charge in [-0.3, -0.25) is 14.5 Å². The summed E-state index contributed by atoms with van der Waals surface area (Å²) in [5, 5.41) is 12.5. The van der Waals surface area contributed by atoms with Crippen molar-refractivity contribution < 1.29 is 19.4 Å². The number of aliphatic hydroxyl groups excluding tert-OH is 1. The molecule has 27 heavy (non-hydrogen) atoms. The second-order valence-corrected chi connectivity index (χ2v) is 7.17. The zero-order valence-corrected chi connectivity index (χ0v) is 15.9. The van der Waals surface area contributed by atoms with Gasteiger partial charge < -0.3 is 20.1 Å². The first-order chi connectivity index (χ1) is 13.1. The van der Waals surface area contributed by atoms with Crippen LogP contribution >= 0.6 is 0 Å². The molecule has 2 N–H and O–H groups in total. The smallest absolute Gasteiger partial charge is 0.237 e. The molecule has 0 radical (unpaired) electrons. The first-order valence-electron chi connectivity index (χ1n) is 9.76. The number of aliphatic hydroxyl groups is 1. The maximum absolute atomic E-state index is 12.7. The summed E-state index contributed by atoms with van der Waals surface area (Å²) < 4.78 is 5.47. The number of amides is 2. The summed E-state index contributed by atoms with van der Waals surface area (Å²) in [6.45, 7) is 5.64. The van der Waals surface area contributed by atoms with Crippen molar-refractivity contribution in [1.29, 1.82) is 0 Å². The Balaban J connectivity index is 1.62. The number of rotatable bonds is 6. The highest BCUT2D eigenvalue weighted by atomic mass is 16.5. The molecule has 7 nitrogen and oxygen atoms in total. The van der Waals surface area contributed by atoms with E-state index in [1.165, 1.54) is 0 Å². The number of piperazine rings is 1. The molecule has 2 heterocycles. The molecule has 0 aliphatic carbocycles. The van der Waals surface area contributed by atoms with Gasteiger partial charge in [0.15, 0.2) is 0 Å². The van der Waals surface area contributed by atoms with E-state index in [1.807, 2.05) is 31.2 Å². The predicted octanol–water partition coefficient (Wildman–Crippen LogP) is 0.759. The molecule has 0 spiro atoms. The van der Waals surface area contributed by atoms with Crippen LogP contribution in [-0.4, -0.2) is 71.7 Å². The molecule has 2 fully saturated rings. The Bertz CT molecular complexity index is 641. The summed E-state index contributed by atoms with van der Waals surface area (Å²) in [5.41, 5.74) is 1.09. The Kier molecular flexibility index (Phi) is 6.68. The van der Waals surface area contributed by atoms with Crippen LogP contribution in [0.3, 0.4) is 0 Å². The van der Waals surface area contributed by atoms with Crippen LogP contribution in [0.1, 0.15) is 31.7 Å². The average molecular weight is 375 g/mol. The quantitative estimate of drug-likeness (QED) is 0.767. The van der Waals surface area contributed by atoms with E-state index in [1.54, 1.807) is 4.90 Å². The normalized spacial score (nSPS) is 21.8. The van der Waals surface area contributed by atoms with Gasteiger partial charge >= 0.3 is 0 Å². The molecule has 1 aromatic rings. The molecular formula is C20H29N3O4. The third-order valence-electron chi connectivity index (χ3n) is 5.25. The molecule has 2 saturated heterocycles. The molecule has 2 aliphatic rings. The highest BCUT2D eigenvalue weighted by Gasteiger charge is 2.33. The maximum Gasteiger partial charge on any atom is 0.237 e. The van der Waals surface area contributed by atoms with Crippen molar-refractivity contribution in [1.82, 2.24) is 15.1 Å². The van der Waals surface area contributed by atoms with Gasteiger partial charge in [-0.2, -0.15) is 0 Å². The number of carbonyl (C=O) groups excluding carboxylic acids is 2. The number of likely N-dealkylation sites (tertiary alicyclic amines) is 1. The van der Waals surface area contributed by atoms with Crippen molar-refractivity contribution in [2.45, 2.75) is 44.9 Å². The van der Waals surface area contributed by atoms with Crippen LogP contribution < -0.4 is 10.1 Å². The second-order valence-electron chi connectivity index (χ2n) is 7.17. The third-order valence-corrected chi connectivity index (χ3v) is 5.25. The Morgan fingerprint density at radius 1 is 1.22 bits per heavy atom. The van der Waals surface area contributed by atoms with Gasteiger partial charge in [0.2, 0.25) is 11.8 Å². The van der Waals surface area contributed by atoms with Gasteiger partial charge in [0.25, 0.3) is 0 Å². The number of carbonyl (C=O) groups is 2. The molecule has 2 aliphatic heterocycles. The number of benzene rings is 1. The third kappa shape index (κ3) is 5.20. The summed E-state index contributed by atoms with van der Waals surface area (Å²) in [5.74, 6) is 0.731. The molecule has 1 atom stereocenters.